The Balaban J connectivity index is 1.77. The first kappa shape index (κ1) is 20.3. The number of pyridine rings is 1. The standard InChI is InChI=1S/C24H23FN6O/c1-15-28-29-23-27-22(21-18(25)13-26-14-20(21)31(15)23)30-12-5-4-8-17-16(7-6-9-19(17)30)10-11-24(2,3)32/h6-7,9,13-14,32H,4-5,8,12H2,1-3H3. The number of anilines is 2. The Morgan fingerprint density at radius 3 is 2.81 bits per heavy atom. The van der Waals surface area contributed by atoms with Crippen LogP contribution in [-0.4, -0.2) is 41.8 Å². The number of nitrogens with zero attached hydrogens (tertiary/aromatic N) is 6. The maximum absolute atomic E-state index is 15.1. The molecule has 1 aliphatic heterocycles. The minimum absolute atomic E-state index is 0.385. The van der Waals surface area contributed by atoms with Crippen LogP contribution in [0, 0.1) is 24.6 Å². The van der Waals surface area contributed by atoms with Crippen LogP contribution in [0.1, 0.15) is 43.6 Å². The Hall–Kier alpha value is -3.57. The van der Waals surface area contributed by atoms with Gasteiger partial charge in [0.2, 0.25) is 0 Å². The van der Waals surface area contributed by atoms with Gasteiger partial charge in [-0.3, -0.25) is 9.38 Å². The normalized spacial score (nSPS) is 14.2. The molecule has 0 saturated heterocycles. The van der Waals surface area contributed by atoms with Crippen LogP contribution in [0.2, 0.25) is 0 Å². The van der Waals surface area contributed by atoms with Crippen LogP contribution in [0.3, 0.4) is 0 Å². The molecule has 4 aromatic rings. The van der Waals surface area contributed by atoms with Crippen LogP contribution >= 0.6 is 0 Å². The summed E-state index contributed by atoms with van der Waals surface area (Å²) in [6.07, 6.45) is 5.56. The smallest absolute Gasteiger partial charge is 0.257 e. The molecule has 4 heterocycles. The molecule has 0 unspecified atom stereocenters. The monoisotopic (exact) mass is 430 g/mol. The molecule has 5 rings (SSSR count). The van der Waals surface area contributed by atoms with Gasteiger partial charge in [-0.1, -0.05) is 17.9 Å². The van der Waals surface area contributed by atoms with Crippen LogP contribution in [-0.2, 0) is 6.42 Å². The first-order chi connectivity index (χ1) is 15.3. The second-order valence-electron chi connectivity index (χ2n) is 8.55. The third-order valence-corrected chi connectivity index (χ3v) is 5.62. The van der Waals surface area contributed by atoms with Gasteiger partial charge in [0, 0.05) is 17.8 Å². The summed E-state index contributed by atoms with van der Waals surface area (Å²) in [5, 5.41) is 18.8. The number of aliphatic hydroxyl groups is 1. The quantitative estimate of drug-likeness (QED) is 0.464. The lowest BCUT2D eigenvalue weighted by Gasteiger charge is -2.26. The topological polar surface area (TPSA) is 79.4 Å². The van der Waals surface area contributed by atoms with Gasteiger partial charge in [-0.05, 0) is 57.7 Å². The Kier molecular flexibility index (Phi) is 4.79. The SMILES string of the molecule is Cc1nnc2nc(N3CCCCc4c(C#CC(C)(C)O)cccc43)c3c(F)cncc3n12. The average molecular weight is 430 g/mol. The maximum atomic E-state index is 15.1. The number of rotatable bonds is 1. The van der Waals surface area contributed by atoms with E-state index in [9.17, 15) is 5.11 Å². The van der Waals surface area contributed by atoms with E-state index in [1.54, 1.807) is 31.4 Å². The molecule has 0 radical (unpaired) electrons. The van der Waals surface area contributed by atoms with Crippen molar-refractivity contribution in [2.45, 2.75) is 45.6 Å². The summed E-state index contributed by atoms with van der Waals surface area (Å²) in [5.41, 5.74) is 2.37. The number of fused-ring (bicyclic) bond motifs is 4. The third kappa shape index (κ3) is 3.45. The molecule has 0 bridgehead atoms. The van der Waals surface area contributed by atoms with Crippen LogP contribution in [0.4, 0.5) is 15.9 Å². The van der Waals surface area contributed by atoms with Gasteiger partial charge in [0.15, 0.2) is 5.82 Å². The average Bonchev–Trinajstić information content (AvgIpc) is 2.99. The van der Waals surface area contributed by atoms with Crippen LogP contribution in [0.15, 0.2) is 30.6 Å². The molecule has 0 saturated carbocycles. The largest absolute Gasteiger partial charge is 0.378 e. The summed E-state index contributed by atoms with van der Waals surface area (Å²) in [6.45, 7) is 5.82. The minimum atomic E-state index is -1.09. The second kappa shape index (κ2) is 7.53. The Bertz CT molecular complexity index is 1410. The molecule has 8 heteroatoms. The maximum Gasteiger partial charge on any atom is 0.257 e. The first-order valence-corrected chi connectivity index (χ1v) is 10.6. The molecular weight excluding hydrogens is 407 g/mol. The summed E-state index contributed by atoms with van der Waals surface area (Å²) in [7, 11) is 0. The highest BCUT2D eigenvalue weighted by atomic mass is 19.1. The van der Waals surface area contributed by atoms with Crippen molar-refractivity contribution in [1.29, 1.82) is 0 Å². The molecule has 1 aromatic carbocycles. The lowest BCUT2D eigenvalue weighted by molar-refractivity contribution is 0.143. The lowest BCUT2D eigenvalue weighted by atomic mass is 10.00. The zero-order chi connectivity index (χ0) is 22.5. The van der Waals surface area contributed by atoms with Crippen molar-refractivity contribution >= 4 is 28.2 Å². The van der Waals surface area contributed by atoms with Gasteiger partial charge < -0.3 is 10.0 Å². The van der Waals surface area contributed by atoms with Crippen LogP contribution < -0.4 is 4.90 Å². The second-order valence-corrected chi connectivity index (χ2v) is 8.55. The Morgan fingerprint density at radius 2 is 2.00 bits per heavy atom. The van der Waals surface area contributed by atoms with Crippen molar-refractivity contribution < 1.29 is 9.50 Å². The van der Waals surface area contributed by atoms with Gasteiger partial charge >= 0.3 is 0 Å². The van der Waals surface area contributed by atoms with E-state index < -0.39 is 11.4 Å². The summed E-state index contributed by atoms with van der Waals surface area (Å²) in [5.74, 6) is 7.13. The summed E-state index contributed by atoms with van der Waals surface area (Å²) in [4.78, 5) is 10.8. The van der Waals surface area contributed by atoms with Gasteiger partial charge in [-0.15, -0.1) is 10.2 Å². The highest BCUT2D eigenvalue weighted by Crippen LogP contribution is 2.37. The van der Waals surface area contributed by atoms with Crippen molar-refractivity contribution in [3.8, 4) is 11.8 Å². The highest BCUT2D eigenvalue weighted by molar-refractivity contribution is 5.94. The minimum Gasteiger partial charge on any atom is -0.378 e. The van der Waals surface area contributed by atoms with E-state index in [0.29, 0.717) is 34.9 Å². The molecule has 0 aliphatic carbocycles. The fourth-order valence-electron chi connectivity index (χ4n) is 4.21. The van der Waals surface area contributed by atoms with Gasteiger partial charge in [0.1, 0.15) is 17.2 Å². The molecule has 0 fully saturated rings. The van der Waals surface area contributed by atoms with Gasteiger partial charge in [-0.2, -0.15) is 4.98 Å². The molecule has 7 nitrogen and oxygen atoms in total. The van der Waals surface area contributed by atoms with Gasteiger partial charge in [-0.25, -0.2) is 4.39 Å². The Labute approximate surface area is 184 Å². The van der Waals surface area contributed by atoms with Crippen molar-refractivity contribution in [2.75, 3.05) is 11.4 Å². The molecule has 0 atom stereocenters. The van der Waals surface area contributed by atoms with E-state index in [4.69, 9.17) is 4.98 Å². The first-order valence-electron chi connectivity index (χ1n) is 10.6. The van der Waals surface area contributed by atoms with E-state index in [2.05, 4.69) is 27.0 Å². The molecule has 0 spiro atoms. The van der Waals surface area contributed by atoms with Crippen molar-refractivity contribution in [2.24, 2.45) is 0 Å². The highest BCUT2D eigenvalue weighted by Gasteiger charge is 2.25. The third-order valence-electron chi connectivity index (χ3n) is 5.62. The van der Waals surface area contributed by atoms with Crippen molar-refractivity contribution in [1.82, 2.24) is 24.6 Å². The number of aromatic nitrogens is 5. The summed E-state index contributed by atoms with van der Waals surface area (Å²) < 4.78 is 16.9. The van der Waals surface area contributed by atoms with Crippen molar-refractivity contribution in [3.05, 3.63) is 53.4 Å². The fourth-order valence-corrected chi connectivity index (χ4v) is 4.21. The summed E-state index contributed by atoms with van der Waals surface area (Å²) in [6, 6.07) is 5.91. The molecule has 162 valence electrons. The van der Waals surface area contributed by atoms with E-state index in [-0.39, 0.29) is 0 Å². The molecule has 32 heavy (non-hydrogen) atoms. The van der Waals surface area contributed by atoms with Gasteiger partial charge in [0.25, 0.3) is 5.78 Å². The molecule has 0 amide bonds. The lowest BCUT2D eigenvalue weighted by Crippen LogP contribution is -2.21. The van der Waals surface area contributed by atoms with E-state index in [0.717, 1.165) is 36.1 Å². The number of hydrogen-bond donors (Lipinski definition) is 1. The zero-order valence-corrected chi connectivity index (χ0v) is 18.2. The number of benzene rings is 1. The molecule has 3 aromatic heterocycles. The van der Waals surface area contributed by atoms with E-state index in [1.165, 1.54) is 6.20 Å². The number of halogens is 1. The van der Waals surface area contributed by atoms with Gasteiger partial charge in [0.05, 0.1) is 23.3 Å². The number of aryl methyl sites for hydroxylation is 1. The summed E-state index contributed by atoms with van der Waals surface area (Å²) >= 11 is 0. The Morgan fingerprint density at radius 1 is 1.16 bits per heavy atom. The molecular formula is C24H23FN6O. The predicted octanol–water partition coefficient (Wildman–Crippen LogP) is 3.72. The number of hydrogen-bond acceptors (Lipinski definition) is 6. The van der Waals surface area contributed by atoms with Crippen LogP contribution in [0.5, 0.6) is 0 Å². The van der Waals surface area contributed by atoms with E-state index in [1.807, 2.05) is 23.1 Å². The predicted molar refractivity (Wildman–Crippen MR) is 120 cm³/mol. The van der Waals surface area contributed by atoms with Crippen molar-refractivity contribution in [3.63, 3.8) is 0 Å². The zero-order valence-electron chi connectivity index (χ0n) is 18.2. The fraction of sp³-hybridized carbons (Fsp3) is 0.333. The van der Waals surface area contributed by atoms with E-state index >= 15 is 4.39 Å². The molecule has 1 N–H and O–H groups in total. The molecule has 1 aliphatic rings. The van der Waals surface area contributed by atoms with Crippen LogP contribution in [0.25, 0.3) is 16.7 Å².